The molecule has 1 N–H and O–H groups in total. The molecule has 1 atom stereocenters. The zero-order chi connectivity index (χ0) is 20.1. The fourth-order valence-corrected chi connectivity index (χ4v) is 3.82. The average Bonchev–Trinajstić information content (AvgIpc) is 3.54. The van der Waals surface area contributed by atoms with Gasteiger partial charge in [0.1, 0.15) is 10.6 Å². The zero-order valence-electron chi connectivity index (χ0n) is 15.1. The van der Waals surface area contributed by atoms with E-state index < -0.39 is 24.0 Å². The van der Waals surface area contributed by atoms with Crippen LogP contribution in [-0.2, 0) is 9.53 Å². The Bertz CT molecular complexity index is 942. The average molecular weight is 416 g/mol. The first kappa shape index (κ1) is 20.2. The number of esters is 1. The van der Waals surface area contributed by atoms with Crippen molar-refractivity contribution in [3.8, 4) is 6.07 Å². The summed E-state index contributed by atoms with van der Waals surface area (Å²) in [5.41, 5.74) is -0.687. The van der Waals surface area contributed by atoms with E-state index in [0.29, 0.717) is 10.0 Å². The van der Waals surface area contributed by atoms with Crippen LogP contribution in [0.2, 0.25) is 5.02 Å². The van der Waals surface area contributed by atoms with Gasteiger partial charge in [-0.25, -0.2) is 9.78 Å². The third-order valence-electron chi connectivity index (χ3n) is 4.39. The SMILES string of the molecule is C[C@](C#N)(NC(=O)COC(=O)c1cccnc1Sc1ccccc1Cl)C1CC1. The molecule has 0 saturated heterocycles. The van der Waals surface area contributed by atoms with Gasteiger partial charge in [0.05, 0.1) is 16.7 Å². The predicted molar refractivity (Wildman–Crippen MR) is 105 cm³/mol. The number of nitrogens with one attached hydrogen (secondary N) is 1. The van der Waals surface area contributed by atoms with E-state index in [1.807, 2.05) is 18.2 Å². The maximum Gasteiger partial charge on any atom is 0.341 e. The van der Waals surface area contributed by atoms with E-state index in [-0.39, 0.29) is 11.5 Å². The fourth-order valence-electron chi connectivity index (χ4n) is 2.68. The van der Waals surface area contributed by atoms with Gasteiger partial charge in [-0.1, -0.05) is 35.5 Å². The molecule has 1 amide bonds. The number of pyridine rings is 1. The molecular weight excluding hydrogens is 398 g/mol. The van der Waals surface area contributed by atoms with Crippen LogP contribution in [0.3, 0.4) is 0 Å². The van der Waals surface area contributed by atoms with Crippen LogP contribution in [0.1, 0.15) is 30.1 Å². The van der Waals surface area contributed by atoms with Crippen LogP contribution in [0.15, 0.2) is 52.5 Å². The van der Waals surface area contributed by atoms with Crippen molar-refractivity contribution in [2.45, 2.75) is 35.2 Å². The van der Waals surface area contributed by atoms with Gasteiger partial charge in [0.2, 0.25) is 0 Å². The number of hydrogen-bond acceptors (Lipinski definition) is 6. The molecule has 1 heterocycles. The van der Waals surface area contributed by atoms with E-state index in [9.17, 15) is 14.9 Å². The highest BCUT2D eigenvalue weighted by Gasteiger charge is 2.43. The van der Waals surface area contributed by atoms with Crippen molar-refractivity contribution in [3.63, 3.8) is 0 Å². The van der Waals surface area contributed by atoms with Crippen LogP contribution in [0, 0.1) is 17.2 Å². The lowest BCUT2D eigenvalue weighted by atomic mass is 9.98. The smallest absolute Gasteiger partial charge is 0.341 e. The van der Waals surface area contributed by atoms with Gasteiger partial charge >= 0.3 is 5.97 Å². The number of rotatable bonds is 7. The summed E-state index contributed by atoms with van der Waals surface area (Å²) in [6, 6.07) is 12.6. The van der Waals surface area contributed by atoms with Crippen LogP contribution in [0.5, 0.6) is 0 Å². The summed E-state index contributed by atoms with van der Waals surface area (Å²) >= 11 is 7.41. The maximum absolute atomic E-state index is 12.5. The third kappa shape index (κ3) is 4.83. The number of carbonyl (C=O) groups is 2. The van der Waals surface area contributed by atoms with Gasteiger partial charge in [-0.2, -0.15) is 5.26 Å². The molecule has 3 rings (SSSR count). The molecule has 2 aromatic rings. The molecule has 1 saturated carbocycles. The van der Waals surface area contributed by atoms with E-state index in [0.717, 1.165) is 17.7 Å². The second-order valence-corrected chi connectivity index (χ2v) is 8.04. The van der Waals surface area contributed by atoms with Gasteiger partial charge in [-0.15, -0.1) is 0 Å². The summed E-state index contributed by atoms with van der Waals surface area (Å²) in [5.74, 6) is -1.02. The van der Waals surface area contributed by atoms with E-state index in [2.05, 4.69) is 16.4 Å². The molecular formula is C20H18ClN3O3S. The summed E-state index contributed by atoms with van der Waals surface area (Å²) in [6.45, 7) is 1.22. The number of hydrogen-bond donors (Lipinski definition) is 1. The highest BCUT2D eigenvalue weighted by molar-refractivity contribution is 7.99. The van der Waals surface area contributed by atoms with Crippen LogP contribution >= 0.6 is 23.4 Å². The molecule has 0 bridgehead atoms. The molecule has 1 aromatic carbocycles. The molecule has 0 aliphatic heterocycles. The minimum Gasteiger partial charge on any atom is -0.452 e. The van der Waals surface area contributed by atoms with E-state index in [4.69, 9.17) is 16.3 Å². The lowest BCUT2D eigenvalue weighted by molar-refractivity contribution is -0.125. The lowest BCUT2D eigenvalue weighted by Gasteiger charge is -2.22. The summed E-state index contributed by atoms with van der Waals surface area (Å²) in [4.78, 5) is 29.6. The van der Waals surface area contributed by atoms with Crippen molar-refractivity contribution >= 4 is 35.2 Å². The second kappa shape index (κ2) is 8.63. The van der Waals surface area contributed by atoms with Crippen molar-refractivity contribution in [2.75, 3.05) is 6.61 Å². The number of amides is 1. The topological polar surface area (TPSA) is 92.1 Å². The first-order valence-corrected chi connectivity index (χ1v) is 9.89. The van der Waals surface area contributed by atoms with Gasteiger partial charge in [0.25, 0.3) is 5.91 Å². The first-order valence-electron chi connectivity index (χ1n) is 8.70. The van der Waals surface area contributed by atoms with Crippen molar-refractivity contribution in [2.24, 2.45) is 5.92 Å². The maximum atomic E-state index is 12.5. The normalized spacial score (nSPS) is 15.2. The van der Waals surface area contributed by atoms with Crippen LogP contribution in [-0.4, -0.2) is 29.0 Å². The van der Waals surface area contributed by atoms with Crippen LogP contribution in [0.4, 0.5) is 0 Å². The number of carbonyl (C=O) groups excluding carboxylic acids is 2. The largest absolute Gasteiger partial charge is 0.452 e. The van der Waals surface area contributed by atoms with Crippen molar-refractivity contribution in [1.29, 1.82) is 5.26 Å². The highest BCUT2D eigenvalue weighted by Crippen LogP contribution is 2.39. The predicted octanol–water partition coefficient (Wildman–Crippen LogP) is 3.85. The lowest BCUT2D eigenvalue weighted by Crippen LogP contribution is -2.48. The van der Waals surface area contributed by atoms with E-state index in [1.54, 1.807) is 31.3 Å². The van der Waals surface area contributed by atoms with Crippen molar-refractivity contribution in [1.82, 2.24) is 10.3 Å². The second-order valence-electron chi connectivity index (χ2n) is 6.60. The minimum absolute atomic E-state index is 0.147. The van der Waals surface area contributed by atoms with E-state index in [1.165, 1.54) is 11.8 Å². The van der Waals surface area contributed by atoms with Crippen molar-refractivity contribution < 1.29 is 14.3 Å². The third-order valence-corrected chi connectivity index (χ3v) is 5.93. The van der Waals surface area contributed by atoms with Gasteiger partial charge in [0, 0.05) is 11.1 Å². The van der Waals surface area contributed by atoms with E-state index >= 15 is 0 Å². The number of nitrogens with zero attached hydrogens (tertiary/aromatic N) is 2. The van der Waals surface area contributed by atoms with Gasteiger partial charge in [-0.05, 0) is 49.9 Å². The summed E-state index contributed by atoms with van der Waals surface area (Å²) in [7, 11) is 0. The first-order chi connectivity index (χ1) is 13.4. The Kier molecular flexibility index (Phi) is 6.22. The van der Waals surface area contributed by atoms with Crippen molar-refractivity contribution in [3.05, 3.63) is 53.2 Å². The Hall–Kier alpha value is -2.56. The summed E-state index contributed by atoms with van der Waals surface area (Å²) in [6.07, 6.45) is 3.38. The Morgan fingerprint density at radius 3 is 2.79 bits per heavy atom. The number of halogens is 1. The highest BCUT2D eigenvalue weighted by atomic mass is 35.5. The number of aromatic nitrogens is 1. The molecule has 0 unspecified atom stereocenters. The number of benzene rings is 1. The molecule has 1 fully saturated rings. The molecule has 0 radical (unpaired) electrons. The summed E-state index contributed by atoms with van der Waals surface area (Å²) < 4.78 is 5.14. The Morgan fingerprint density at radius 1 is 1.36 bits per heavy atom. The summed E-state index contributed by atoms with van der Waals surface area (Å²) in [5, 5.41) is 12.9. The Labute approximate surface area is 172 Å². The molecule has 1 aliphatic rings. The van der Waals surface area contributed by atoms with Gasteiger partial charge in [0.15, 0.2) is 6.61 Å². The quantitative estimate of drug-likeness (QED) is 0.690. The fraction of sp³-hybridized carbons (Fsp3) is 0.300. The molecule has 0 spiro atoms. The minimum atomic E-state index is -0.928. The van der Waals surface area contributed by atoms with Crippen LogP contribution < -0.4 is 5.32 Å². The number of nitriles is 1. The Balaban J connectivity index is 1.64. The molecule has 6 nitrogen and oxygen atoms in total. The molecule has 28 heavy (non-hydrogen) atoms. The molecule has 144 valence electrons. The molecule has 1 aromatic heterocycles. The Morgan fingerprint density at radius 2 is 2.11 bits per heavy atom. The molecule has 8 heteroatoms. The monoisotopic (exact) mass is 415 g/mol. The standard InChI is InChI=1S/C20H18ClN3O3S/c1-20(12-22,13-8-9-13)24-17(25)11-27-19(26)14-5-4-10-23-18(14)28-16-7-3-2-6-15(16)21/h2-7,10,13H,8-9,11H2,1H3,(H,24,25)/t20-/m1/s1. The van der Waals surface area contributed by atoms with Gasteiger partial charge < -0.3 is 10.1 Å². The van der Waals surface area contributed by atoms with Crippen LogP contribution in [0.25, 0.3) is 0 Å². The van der Waals surface area contributed by atoms with Gasteiger partial charge in [-0.3, -0.25) is 4.79 Å². The molecule has 1 aliphatic carbocycles. The zero-order valence-corrected chi connectivity index (χ0v) is 16.7. The number of ether oxygens (including phenoxy) is 1.